The van der Waals surface area contributed by atoms with Gasteiger partial charge in [0.2, 0.25) is 10.0 Å². The molecular weight excluding hydrogens is 392 g/mol. The van der Waals surface area contributed by atoms with Gasteiger partial charge in [0.05, 0.1) is 19.9 Å². The van der Waals surface area contributed by atoms with Crippen molar-refractivity contribution in [1.82, 2.24) is 19.5 Å². The molecule has 0 radical (unpaired) electrons. The first-order valence-corrected chi connectivity index (χ1v) is 10.5. The molecule has 0 aliphatic carbocycles. The van der Waals surface area contributed by atoms with E-state index in [-0.39, 0.29) is 17.2 Å². The number of hydrogen-bond acceptors (Lipinski definition) is 6. The minimum atomic E-state index is -3.77. The van der Waals surface area contributed by atoms with Gasteiger partial charge in [0.15, 0.2) is 5.82 Å². The smallest absolute Gasteiger partial charge is 0.244 e. The number of nitrogens with one attached hydrogen (secondary N) is 1. The summed E-state index contributed by atoms with van der Waals surface area (Å²) in [5.41, 5.74) is 2.75. The van der Waals surface area contributed by atoms with E-state index in [1.54, 1.807) is 23.0 Å². The van der Waals surface area contributed by atoms with E-state index >= 15 is 0 Å². The first kappa shape index (κ1) is 20.8. The number of benzene rings is 1. The van der Waals surface area contributed by atoms with Gasteiger partial charge in [-0.05, 0) is 50.1 Å². The largest absolute Gasteiger partial charge is 0.497 e. The van der Waals surface area contributed by atoms with E-state index in [0.717, 1.165) is 22.8 Å². The molecule has 1 aromatic carbocycles. The zero-order valence-corrected chi connectivity index (χ0v) is 17.7. The van der Waals surface area contributed by atoms with Gasteiger partial charge in [-0.3, -0.25) is 0 Å². The molecule has 0 saturated heterocycles. The highest BCUT2D eigenvalue weighted by atomic mass is 32.2. The van der Waals surface area contributed by atoms with Crippen molar-refractivity contribution in [1.29, 1.82) is 0 Å². The molecule has 9 heteroatoms. The van der Waals surface area contributed by atoms with E-state index in [4.69, 9.17) is 9.47 Å². The summed E-state index contributed by atoms with van der Waals surface area (Å²) in [6, 6.07) is 10.3. The van der Waals surface area contributed by atoms with Crippen molar-refractivity contribution in [2.45, 2.75) is 25.2 Å². The standard InChI is InChI=1S/C20H24N4O4S/c1-14-17(15(2)24(23-14)20-7-5-6-11-21-20)10-12-22-29(25,26)19-13-16(27-3)8-9-18(19)28-4/h5-9,11,13,22H,10,12H2,1-4H3. The maximum atomic E-state index is 12.8. The Morgan fingerprint density at radius 1 is 1.10 bits per heavy atom. The summed E-state index contributed by atoms with van der Waals surface area (Å²) in [6.45, 7) is 4.07. The Morgan fingerprint density at radius 3 is 2.55 bits per heavy atom. The molecule has 0 aliphatic rings. The van der Waals surface area contributed by atoms with E-state index in [1.807, 2.05) is 32.0 Å². The maximum absolute atomic E-state index is 12.8. The highest BCUT2D eigenvalue weighted by Gasteiger charge is 2.21. The van der Waals surface area contributed by atoms with Crippen LogP contribution in [0.15, 0.2) is 47.5 Å². The van der Waals surface area contributed by atoms with Crippen molar-refractivity contribution in [2.24, 2.45) is 0 Å². The Morgan fingerprint density at radius 2 is 1.90 bits per heavy atom. The summed E-state index contributed by atoms with van der Waals surface area (Å²) in [5, 5.41) is 4.54. The van der Waals surface area contributed by atoms with Gasteiger partial charge >= 0.3 is 0 Å². The number of pyridine rings is 1. The summed E-state index contributed by atoms with van der Waals surface area (Å²) in [7, 11) is -0.859. The fourth-order valence-corrected chi connectivity index (χ4v) is 4.33. The summed E-state index contributed by atoms with van der Waals surface area (Å²) < 4.78 is 40.3. The Balaban J connectivity index is 1.77. The number of aromatic nitrogens is 3. The summed E-state index contributed by atoms with van der Waals surface area (Å²) >= 11 is 0. The molecule has 0 spiro atoms. The molecular formula is C20H24N4O4S. The molecule has 29 heavy (non-hydrogen) atoms. The lowest BCUT2D eigenvalue weighted by atomic mass is 10.1. The van der Waals surface area contributed by atoms with Crippen molar-refractivity contribution in [3.63, 3.8) is 0 Å². The second kappa shape index (κ2) is 8.62. The quantitative estimate of drug-likeness (QED) is 0.606. The third-order valence-electron chi connectivity index (χ3n) is 4.63. The van der Waals surface area contributed by atoms with Crippen molar-refractivity contribution in [2.75, 3.05) is 20.8 Å². The third-order valence-corrected chi connectivity index (χ3v) is 6.12. The Labute approximate surface area is 170 Å². The Kier molecular flexibility index (Phi) is 6.19. The maximum Gasteiger partial charge on any atom is 0.244 e. The lowest BCUT2D eigenvalue weighted by molar-refractivity contribution is 0.392. The Bertz CT molecular complexity index is 1100. The second-order valence-electron chi connectivity index (χ2n) is 6.41. The average molecular weight is 417 g/mol. The van der Waals surface area contributed by atoms with Gasteiger partial charge in [0.25, 0.3) is 0 Å². The van der Waals surface area contributed by atoms with Gasteiger partial charge in [0, 0.05) is 24.5 Å². The number of hydrogen-bond donors (Lipinski definition) is 1. The van der Waals surface area contributed by atoms with Crippen LogP contribution in [0.4, 0.5) is 0 Å². The van der Waals surface area contributed by atoms with Gasteiger partial charge in [-0.25, -0.2) is 22.8 Å². The minimum Gasteiger partial charge on any atom is -0.497 e. The monoisotopic (exact) mass is 416 g/mol. The molecule has 2 aromatic heterocycles. The number of sulfonamides is 1. The topological polar surface area (TPSA) is 95.3 Å². The summed E-state index contributed by atoms with van der Waals surface area (Å²) in [5.74, 6) is 1.42. The van der Waals surface area contributed by atoms with Crippen LogP contribution in [0.2, 0.25) is 0 Å². The van der Waals surface area contributed by atoms with Gasteiger partial charge in [-0.15, -0.1) is 0 Å². The molecule has 0 unspecified atom stereocenters. The van der Waals surface area contributed by atoms with Crippen LogP contribution in [0.5, 0.6) is 11.5 Å². The van der Waals surface area contributed by atoms with E-state index < -0.39 is 10.0 Å². The first-order chi connectivity index (χ1) is 13.9. The third kappa shape index (κ3) is 4.41. The molecule has 2 heterocycles. The number of nitrogens with zero attached hydrogens (tertiary/aromatic N) is 3. The van der Waals surface area contributed by atoms with E-state index in [0.29, 0.717) is 12.2 Å². The van der Waals surface area contributed by atoms with E-state index in [9.17, 15) is 8.42 Å². The van der Waals surface area contributed by atoms with Gasteiger partial charge in [-0.1, -0.05) is 6.07 Å². The van der Waals surface area contributed by atoms with Crippen LogP contribution in [0.3, 0.4) is 0 Å². The van der Waals surface area contributed by atoms with Crippen LogP contribution >= 0.6 is 0 Å². The van der Waals surface area contributed by atoms with Crippen LogP contribution in [-0.4, -0.2) is 43.9 Å². The molecule has 0 saturated carbocycles. The predicted molar refractivity (Wildman–Crippen MR) is 109 cm³/mol. The molecule has 0 atom stereocenters. The van der Waals surface area contributed by atoms with Crippen LogP contribution < -0.4 is 14.2 Å². The van der Waals surface area contributed by atoms with Crippen LogP contribution in [0.1, 0.15) is 17.0 Å². The molecule has 0 aliphatic heterocycles. The average Bonchev–Trinajstić information content (AvgIpc) is 3.02. The zero-order chi connectivity index (χ0) is 21.0. The Hall–Kier alpha value is -2.91. The predicted octanol–water partition coefficient (Wildman–Crippen LogP) is 2.42. The van der Waals surface area contributed by atoms with Gasteiger partial charge in [-0.2, -0.15) is 5.10 Å². The number of methoxy groups -OCH3 is 2. The number of ether oxygens (including phenoxy) is 2. The molecule has 0 fully saturated rings. The highest BCUT2D eigenvalue weighted by Crippen LogP contribution is 2.28. The van der Waals surface area contributed by atoms with Crippen LogP contribution in [0.25, 0.3) is 5.82 Å². The molecule has 1 N–H and O–H groups in total. The summed E-state index contributed by atoms with van der Waals surface area (Å²) in [6.07, 6.45) is 2.21. The molecule has 154 valence electrons. The van der Waals surface area contributed by atoms with Gasteiger partial charge < -0.3 is 9.47 Å². The number of rotatable bonds is 8. The van der Waals surface area contributed by atoms with Crippen molar-refractivity contribution in [3.05, 3.63) is 59.5 Å². The van der Waals surface area contributed by atoms with Crippen molar-refractivity contribution in [3.8, 4) is 17.3 Å². The lowest BCUT2D eigenvalue weighted by Gasteiger charge is -2.12. The van der Waals surface area contributed by atoms with Gasteiger partial charge in [0.1, 0.15) is 16.4 Å². The molecule has 8 nitrogen and oxygen atoms in total. The first-order valence-electron chi connectivity index (χ1n) is 9.05. The molecule has 3 rings (SSSR count). The normalized spacial score (nSPS) is 11.4. The molecule has 0 amide bonds. The SMILES string of the molecule is COc1ccc(OC)c(S(=O)(=O)NCCc2c(C)nn(-c3ccccn3)c2C)c1. The van der Waals surface area contributed by atoms with Crippen LogP contribution in [0, 0.1) is 13.8 Å². The second-order valence-corrected chi connectivity index (χ2v) is 8.15. The van der Waals surface area contributed by atoms with Crippen molar-refractivity contribution >= 4 is 10.0 Å². The molecule has 0 bridgehead atoms. The van der Waals surface area contributed by atoms with Crippen molar-refractivity contribution < 1.29 is 17.9 Å². The highest BCUT2D eigenvalue weighted by molar-refractivity contribution is 7.89. The number of aryl methyl sites for hydroxylation is 1. The van der Waals surface area contributed by atoms with E-state index in [2.05, 4.69) is 14.8 Å². The van der Waals surface area contributed by atoms with E-state index in [1.165, 1.54) is 20.3 Å². The minimum absolute atomic E-state index is 0.0389. The fraction of sp³-hybridized carbons (Fsp3) is 0.300. The van der Waals surface area contributed by atoms with Crippen LogP contribution in [-0.2, 0) is 16.4 Å². The zero-order valence-electron chi connectivity index (χ0n) is 16.8. The fourth-order valence-electron chi connectivity index (χ4n) is 3.12. The summed E-state index contributed by atoms with van der Waals surface area (Å²) in [4.78, 5) is 4.36. The lowest BCUT2D eigenvalue weighted by Crippen LogP contribution is -2.26. The molecule has 3 aromatic rings.